The first kappa shape index (κ1) is 11.5. The Hall–Kier alpha value is -1.03. The van der Waals surface area contributed by atoms with Gasteiger partial charge in [-0.25, -0.2) is 0 Å². The number of carbonyl (C=O) groups is 1. The molecule has 1 aromatic rings. The highest BCUT2D eigenvalue weighted by atomic mass is 32.1. The number of thiol groups is 1. The Morgan fingerprint density at radius 1 is 1.50 bits per heavy atom. The van der Waals surface area contributed by atoms with Crippen molar-refractivity contribution in [3.05, 3.63) is 23.5 Å². The van der Waals surface area contributed by atoms with Crippen LogP contribution in [0.25, 0.3) is 0 Å². The van der Waals surface area contributed by atoms with Gasteiger partial charge >= 0.3 is 0 Å². The zero-order valence-electron chi connectivity index (χ0n) is 9.60. The molecule has 1 fully saturated rings. The summed E-state index contributed by atoms with van der Waals surface area (Å²) in [6, 6.07) is 3.93. The first-order chi connectivity index (χ1) is 7.61. The van der Waals surface area contributed by atoms with E-state index in [0.29, 0.717) is 12.3 Å². The van der Waals surface area contributed by atoms with E-state index in [0.717, 1.165) is 29.4 Å². The Labute approximate surface area is 101 Å². The number of carbonyl (C=O) groups excluding carboxylic acids is 1. The maximum absolute atomic E-state index is 11.8. The van der Waals surface area contributed by atoms with Crippen molar-refractivity contribution in [2.75, 3.05) is 17.2 Å². The van der Waals surface area contributed by atoms with Gasteiger partial charge in [0, 0.05) is 18.7 Å². The number of rotatable bonds is 2. The van der Waals surface area contributed by atoms with Gasteiger partial charge in [0.15, 0.2) is 0 Å². The van der Waals surface area contributed by atoms with Crippen LogP contribution in [0.15, 0.2) is 12.1 Å². The number of hydrogen-bond acceptors (Lipinski definition) is 3. The molecule has 1 aliphatic rings. The summed E-state index contributed by atoms with van der Waals surface area (Å²) in [5.41, 5.74) is 2.85. The molecule has 4 heteroatoms. The summed E-state index contributed by atoms with van der Waals surface area (Å²) in [6.45, 7) is 4.68. The van der Waals surface area contributed by atoms with E-state index in [9.17, 15) is 4.79 Å². The molecule has 0 bridgehead atoms. The number of aryl methyl sites for hydroxylation is 2. The van der Waals surface area contributed by atoms with Crippen LogP contribution in [0.5, 0.6) is 0 Å². The average Bonchev–Trinajstić information content (AvgIpc) is 2.60. The van der Waals surface area contributed by atoms with E-state index < -0.39 is 0 Å². The van der Waals surface area contributed by atoms with Gasteiger partial charge in [-0.1, -0.05) is 0 Å². The predicted molar refractivity (Wildman–Crippen MR) is 68.0 cm³/mol. The fourth-order valence-corrected chi connectivity index (χ4v) is 2.35. The van der Waals surface area contributed by atoms with E-state index in [1.807, 2.05) is 30.9 Å². The van der Waals surface area contributed by atoms with E-state index >= 15 is 0 Å². The lowest BCUT2D eigenvalue weighted by Gasteiger charge is -2.18. The molecule has 1 atom stereocenters. The number of amides is 1. The van der Waals surface area contributed by atoms with Gasteiger partial charge in [0.25, 0.3) is 0 Å². The summed E-state index contributed by atoms with van der Waals surface area (Å²) in [5.74, 6) is 1.32. The van der Waals surface area contributed by atoms with Gasteiger partial charge in [-0.2, -0.15) is 12.6 Å². The predicted octanol–water partition coefficient (Wildman–Crippen LogP) is 1.98. The molecule has 0 N–H and O–H groups in total. The summed E-state index contributed by atoms with van der Waals surface area (Å²) >= 11 is 4.26. The second kappa shape index (κ2) is 4.45. The number of hydrogen-bond donors (Lipinski definition) is 1. The first-order valence-electron chi connectivity index (χ1n) is 5.47. The molecule has 0 spiro atoms. The van der Waals surface area contributed by atoms with E-state index in [-0.39, 0.29) is 5.91 Å². The van der Waals surface area contributed by atoms with Crippen molar-refractivity contribution in [1.82, 2.24) is 4.98 Å². The molecular formula is C12H16N2OS. The van der Waals surface area contributed by atoms with Crippen molar-refractivity contribution in [2.24, 2.45) is 5.92 Å². The summed E-state index contributed by atoms with van der Waals surface area (Å²) < 4.78 is 0. The van der Waals surface area contributed by atoms with Gasteiger partial charge in [0.2, 0.25) is 5.91 Å². The van der Waals surface area contributed by atoms with Crippen LogP contribution in [0.2, 0.25) is 0 Å². The Morgan fingerprint density at radius 2 is 2.25 bits per heavy atom. The highest BCUT2D eigenvalue weighted by Crippen LogP contribution is 2.27. The molecule has 0 aliphatic carbocycles. The van der Waals surface area contributed by atoms with Gasteiger partial charge in [0.05, 0.1) is 11.4 Å². The maximum atomic E-state index is 11.8. The fourth-order valence-electron chi connectivity index (χ4n) is 2.10. The molecule has 3 nitrogen and oxygen atoms in total. The minimum absolute atomic E-state index is 0.188. The van der Waals surface area contributed by atoms with E-state index in [1.165, 1.54) is 0 Å². The van der Waals surface area contributed by atoms with E-state index in [4.69, 9.17) is 0 Å². The smallest absolute Gasteiger partial charge is 0.227 e. The van der Waals surface area contributed by atoms with Crippen LogP contribution < -0.4 is 4.90 Å². The van der Waals surface area contributed by atoms with E-state index in [2.05, 4.69) is 17.6 Å². The second-order valence-corrected chi connectivity index (χ2v) is 4.68. The van der Waals surface area contributed by atoms with Crippen LogP contribution in [-0.4, -0.2) is 23.2 Å². The molecule has 0 radical (unpaired) electrons. The summed E-state index contributed by atoms with van der Waals surface area (Å²) in [7, 11) is 0. The number of pyridine rings is 1. The van der Waals surface area contributed by atoms with Crippen LogP contribution in [0.4, 0.5) is 5.69 Å². The maximum Gasteiger partial charge on any atom is 0.227 e. The van der Waals surface area contributed by atoms with Crippen molar-refractivity contribution >= 4 is 24.2 Å². The first-order valence-corrected chi connectivity index (χ1v) is 6.10. The second-order valence-electron chi connectivity index (χ2n) is 4.31. The Kier molecular flexibility index (Phi) is 3.19. The van der Waals surface area contributed by atoms with Crippen molar-refractivity contribution in [3.8, 4) is 0 Å². The quantitative estimate of drug-likeness (QED) is 0.797. The molecule has 1 aliphatic heterocycles. The molecule has 0 saturated carbocycles. The molecule has 0 aromatic carbocycles. The van der Waals surface area contributed by atoms with Gasteiger partial charge in [-0.05, 0) is 37.7 Å². The zero-order valence-corrected chi connectivity index (χ0v) is 10.5. The highest BCUT2D eigenvalue weighted by Gasteiger charge is 2.30. The minimum atomic E-state index is 0.188. The fraction of sp³-hybridized carbons (Fsp3) is 0.500. The third-order valence-corrected chi connectivity index (χ3v) is 3.47. The van der Waals surface area contributed by atoms with Crippen LogP contribution >= 0.6 is 12.6 Å². The lowest BCUT2D eigenvalue weighted by Crippen LogP contribution is -2.25. The lowest BCUT2D eigenvalue weighted by atomic mass is 10.1. The van der Waals surface area contributed by atoms with Crippen molar-refractivity contribution in [3.63, 3.8) is 0 Å². The summed E-state index contributed by atoms with van der Waals surface area (Å²) in [6.07, 6.45) is 0.608. The van der Waals surface area contributed by atoms with Gasteiger partial charge in [0.1, 0.15) is 0 Å². The van der Waals surface area contributed by atoms with Crippen molar-refractivity contribution < 1.29 is 4.79 Å². The molecule has 1 aromatic heterocycles. The zero-order chi connectivity index (χ0) is 11.7. The molecular weight excluding hydrogens is 220 g/mol. The molecule has 16 heavy (non-hydrogen) atoms. The monoisotopic (exact) mass is 236 g/mol. The number of anilines is 1. The third kappa shape index (κ3) is 2.07. The molecule has 1 unspecified atom stereocenters. The Bertz CT molecular complexity index is 419. The molecule has 2 heterocycles. The standard InChI is InChI=1S/C12H16N2OS/c1-8-3-4-11(9(2)13-8)14-6-10(7-16)5-12(14)15/h3-4,10,16H,5-7H2,1-2H3. The van der Waals surface area contributed by atoms with Crippen molar-refractivity contribution in [2.45, 2.75) is 20.3 Å². The minimum Gasteiger partial charge on any atom is -0.310 e. The van der Waals surface area contributed by atoms with Crippen LogP contribution in [0.1, 0.15) is 17.8 Å². The Balaban J connectivity index is 2.28. The largest absolute Gasteiger partial charge is 0.310 e. The van der Waals surface area contributed by atoms with Crippen molar-refractivity contribution in [1.29, 1.82) is 0 Å². The van der Waals surface area contributed by atoms with Crippen LogP contribution in [-0.2, 0) is 4.79 Å². The molecule has 2 rings (SSSR count). The van der Waals surface area contributed by atoms with Gasteiger partial charge in [-0.15, -0.1) is 0 Å². The van der Waals surface area contributed by atoms with Crippen LogP contribution in [0, 0.1) is 19.8 Å². The topological polar surface area (TPSA) is 33.2 Å². The SMILES string of the molecule is Cc1ccc(N2CC(CS)CC2=O)c(C)n1. The molecule has 1 amide bonds. The Morgan fingerprint density at radius 3 is 2.81 bits per heavy atom. The molecule has 1 saturated heterocycles. The normalized spacial score (nSPS) is 20.6. The van der Waals surface area contributed by atoms with Gasteiger partial charge < -0.3 is 4.90 Å². The average molecular weight is 236 g/mol. The molecule has 86 valence electrons. The number of nitrogens with zero attached hydrogens (tertiary/aromatic N) is 2. The summed E-state index contributed by atoms with van der Waals surface area (Å²) in [5, 5.41) is 0. The van der Waals surface area contributed by atoms with E-state index in [1.54, 1.807) is 0 Å². The summed E-state index contributed by atoms with van der Waals surface area (Å²) in [4.78, 5) is 18.1. The van der Waals surface area contributed by atoms with Gasteiger partial charge in [-0.3, -0.25) is 9.78 Å². The van der Waals surface area contributed by atoms with Crippen LogP contribution in [0.3, 0.4) is 0 Å². The third-order valence-electron chi connectivity index (χ3n) is 2.95. The lowest BCUT2D eigenvalue weighted by molar-refractivity contribution is -0.117. The number of aromatic nitrogens is 1. The highest BCUT2D eigenvalue weighted by molar-refractivity contribution is 7.80.